The van der Waals surface area contributed by atoms with Gasteiger partial charge in [0.25, 0.3) is 0 Å². The summed E-state index contributed by atoms with van der Waals surface area (Å²) >= 11 is 0. The molecular formula is C23H26NO3+. The molecule has 0 spiro atoms. The van der Waals surface area contributed by atoms with Crippen molar-refractivity contribution in [2.45, 2.75) is 19.2 Å². The topological polar surface area (TPSA) is 55.3 Å². The van der Waals surface area contributed by atoms with Crippen molar-refractivity contribution in [3.8, 4) is 11.5 Å². The number of rotatable bonds is 9. The molecule has 0 aliphatic carbocycles. The second-order valence-electron chi connectivity index (χ2n) is 6.41. The Balaban J connectivity index is 1.55. The molecule has 0 radical (unpaired) electrons. The Labute approximate surface area is 160 Å². The summed E-state index contributed by atoms with van der Waals surface area (Å²) in [4.78, 5) is 0. The zero-order chi connectivity index (χ0) is 18.9. The maximum absolute atomic E-state index is 10.3. The van der Waals surface area contributed by atoms with Gasteiger partial charge in [-0.15, -0.1) is 0 Å². The van der Waals surface area contributed by atoms with Gasteiger partial charge in [0, 0.05) is 11.1 Å². The molecule has 27 heavy (non-hydrogen) atoms. The lowest BCUT2D eigenvalue weighted by molar-refractivity contribution is -0.686. The van der Waals surface area contributed by atoms with E-state index in [0.29, 0.717) is 11.5 Å². The number of aliphatic hydroxyl groups excluding tert-OH is 1. The van der Waals surface area contributed by atoms with Gasteiger partial charge in [0.15, 0.2) is 11.5 Å². The van der Waals surface area contributed by atoms with Crippen LogP contribution in [-0.2, 0) is 13.1 Å². The quantitative estimate of drug-likeness (QED) is 0.614. The average Bonchev–Trinajstić information content (AvgIpc) is 2.73. The van der Waals surface area contributed by atoms with Crippen molar-refractivity contribution in [2.24, 2.45) is 0 Å². The lowest BCUT2D eigenvalue weighted by Crippen LogP contribution is -2.80. The van der Waals surface area contributed by atoms with Crippen LogP contribution in [0.25, 0.3) is 0 Å². The highest BCUT2D eigenvalue weighted by Gasteiger charge is 2.11. The molecule has 3 N–H and O–H groups in total. The first-order chi connectivity index (χ1) is 13.3. The van der Waals surface area contributed by atoms with Gasteiger partial charge in [-0.3, -0.25) is 0 Å². The Hall–Kier alpha value is -2.82. The number of benzene rings is 3. The predicted octanol–water partition coefficient (Wildman–Crippen LogP) is 3.07. The first kappa shape index (κ1) is 19.0. The molecule has 0 heterocycles. The van der Waals surface area contributed by atoms with Gasteiger partial charge in [-0.1, -0.05) is 60.7 Å². The average molecular weight is 364 g/mol. The number of quaternary nitrogens is 1. The summed E-state index contributed by atoms with van der Waals surface area (Å²) in [6.45, 7) is 1.97. The number of nitrogens with two attached hydrogens (primary N) is 1. The van der Waals surface area contributed by atoms with Crippen molar-refractivity contribution in [1.82, 2.24) is 0 Å². The van der Waals surface area contributed by atoms with Gasteiger partial charge in [-0.2, -0.15) is 0 Å². The lowest BCUT2D eigenvalue weighted by Gasteiger charge is -2.15. The Kier molecular flexibility index (Phi) is 6.85. The summed E-state index contributed by atoms with van der Waals surface area (Å²) < 4.78 is 11.3. The molecule has 0 bridgehead atoms. The Bertz CT molecular complexity index is 822. The fourth-order valence-corrected chi connectivity index (χ4v) is 2.92. The van der Waals surface area contributed by atoms with Crippen molar-refractivity contribution in [1.29, 1.82) is 0 Å². The van der Waals surface area contributed by atoms with E-state index in [2.05, 4.69) is 29.6 Å². The molecule has 0 aliphatic heterocycles. The first-order valence-corrected chi connectivity index (χ1v) is 9.14. The highest BCUT2D eigenvalue weighted by molar-refractivity contribution is 5.42. The molecule has 0 amide bonds. The minimum Gasteiger partial charge on any atom is -0.493 e. The summed E-state index contributed by atoms with van der Waals surface area (Å²) in [5.74, 6) is 1.32. The smallest absolute Gasteiger partial charge is 0.161 e. The van der Waals surface area contributed by atoms with E-state index in [1.54, 1.807) is 7.11 Å². The summed E-state index contributed by atoms with van der Waals surface area (Å²) in [7, 11) is 1.63. The number of methoxy groups -OCH3 is 1. The van der Waals surface area contributed by atoms with Gasteiger partial charge in [0.2, 0.25) is 0 Å². The molecule has 0 fully saturated rings. The molecule has 0 saturated carbocycles. The number of aliphatic hydroxyl groups is 1. The van der Waals surface area contributed by atoms with E-state index < -0.39 is 6.10 Å². The molecule has 140 valence electrons. The molecule has 0 aromatic heterocycles. The molecular weight excluding hydrogens is 338 g/mol. The minimum atomic E-state index is -0.671. The van der Waals surface area contributed by atoms with Crippen LogP contribution >= 0.6 is 0 Å². The van der Waals surface area contributed by atoms with Gasteiger partial charge in [0.05, 0.1) is 7.11 Å². The summed E-state index contributed by atoms with van der Waals surface area (Å²) in [6, 6.07) is 25.8. The van der Waals surface area contributed by atoms with E-state index in [9.17, 15) is 5.11 Å². The number of ether oxygens (including phenoxy) is 2. The van der Waals surface area contributed by atoms with E-state index in [0.717, 1.165) is 18.7 Å². The number of hydrogen-bond acceptors (Lipinski definition) is 3. The zero-order valence-corrected chi connectivity index (χ0v) is 15.5. The molecule has 1 atom stereocenters. The summed E-state index contributed by atoms with van der Waals surface area (Å²) in [6.07, 6.45) is -0.671. The van der Waals surface area contributed by atoms with Crippen molar-refractivity contribution < 1.29 is 19.9 Å². The standard InChI is InChI=1S/C23H25NO3/c1-26-23-14-19(16-24-15-18-8-4-2-5-9-18)12-13-22(23)27-17-21(25)20-10-6-3-7-11-20/h2-14,21,24-25H,15-17H2,1H3/p+1/t21-/m0/s1. The van der Waals surface area contributed by atoms with E-state index in [1.807, 2.05) is 54.6 Å². The van der Waals surface area contributed by atoms with Crippen LogP contribution in [0.3, 0.4) is 0 Å². The van der Waals surface area contributed by atoms with E-state index in [-0.39, 0.29) is 6.61 Å². The highest BCUT2D eigenvalue weighted by Crippen LogP contribution is 2.29. The second-order valence-corrected chi connectivity index (χ2v) is 6.41. The van der Waals surface area contributed by atoms with Crippen LogP contribution in [0.15, 0.2) is 78.9 Å². The fraction of sp³-hybridized carbons (Fsp3) is 0.217. The van der Waals surface area contributed by atoms with Crippen LogP contribution < -0.4 is 14.8 Å². The molecule has 3 rings (SSSR count). The number of hydrogen-bond donors (Lipinski definition) is 2. The van der Waals surface area contributed by atoms with Crippen LogP contribution in [0.4, 0.5) is 0 Å². The third kappa shape index (κ3) is 5.58. The highest BCUT2D eigenvalue weighted by atomic mass is 16.5. The molecule has 4 nitrogen and oxygen atoms in total. The molecule has 0 saturated heterocycles. The summed E-state index contributed by atoms with van der Waals surface area (Å²) in [5.41, 5.74) is 3.31. The predicted molar refractivity (Wildman–Crippen MR) is 106 cm³/mol. The summed E-state index contributed by atoms with van der Waals surface area (Å²) in [5, 5.41) is 12.5. The zero-order valence-electron chi connectivity index (χ0n) is 15.5. The SMILES string of the molecule is COc1cc(C[NH2+]Cc2ccccc2)ccc1OC[C@H](O)c1ccccc1. The van der Waals surface area contributed by atoms with Gasteiger partial charge < -0.3 is 19.9 Å². The lowest BCUT2D eigenvalue weighted by atomic mass is 10.1. The monoisotopic (exact) mass is 364 g/mol. The van der Waals surface area contributed by atoms with Crippen LogP contribution in [0, 0.1) is 0 Å². The van der Waals surface area contributed by atoms with Gasteiger partial charge in [-0.05, 0) is 23.8 Å². The minimum absolute atomic E-state index is 0.180. The molecule has 0 aliphatic rings. The van der Waals surface area contributed by atoms with Gasteiger partial charge >= 0.3 is 0 Å². The largest absolute Gasteiger partial charge is 0.493 e. The normalized spacial score (nSPS) is 11.8. The van der Waals surface area contributed by atoms with Crippen LogP contribution in [0.1, 0.15) is 22.8 Å². The van der Waals surface area contributed by atoms with Gasteiger partial charge in [0.1, 0.15) is 25.8 Å². The second kappa shape index (κ2) is 9.76. The van der Waals surface area contributed by atoms with Crippen molar-refractivity contribution in [3.05, 3.63) is 95.6 Å². The van der Waals surface area contributed by atoms with E-state index >= 15 is 0 Å². The third-order valence-corrected chi connectivity index (χ3v) is 4.41. The molecule has 3 aromatic rings. The van der Waals surface area contributed by atoms with Crippen LogP contribution in [-0.4, -0.2) is 18.8 Å². The van der Waals surface area contributed by atoms with Crippen LogP contribution in [0.5, 0.6) is 11.5 Å². The van der Waals surface area contributed by atoms with Crippen molar-refractivity contribution in [3.63, 3.8) is 0 Å². The van der Waals surface area contributed by atoms with Gasteiger partial charge in [-0.25, -0.2) is 0 Å². The Morgan fingerprint density at radius 2 is 1.48 bits per heavy atom. The molecule has 0 unspecified atom stereocenters. The fourth-order valence-electron chi connectivity index (χ4n) is 2.92. The Morgan fingerprint density at radius 1 is 0.815 bits per heavy atom. The van der Waals surface area contributed by atoms with Crippen molar-refractivity contribution in [2.75, 3.05) is 13.7 Å². The molecule has 3 aromatic carbocycles. The third-order valence-electron chi connectivity index (χ3n) is 4.41. The maximum atomic E-state index is 10.3. The maximum Gasteiger partial charge on any atom is 0.161 e. The van der Waals surface area contributed by atoms with E-state index in [4.69, 9.17) is 9.47 Å². The van der Waals surface area contributed by atoms with E-state index in [1.165, 1.54) is 11.1 Å². The Morgan fingerprint density at radius 3 is 2.19 bits per heavy atom. The molecule has 4 heteroatoms. The van der Waals surface area contributed by atoms with Crippen molar-refractivity contribution >= 4 is 0 Å². The van der Waals surface area contributed by atoms with Crippen LogP contribution in [0.2, 0.25) is 0 Å². The first-order valence-electron chi connectivity index (χ1n) is 9.14.